The fourth-order valence-corrected chi connectivity index (χ4v) is 7.59. The van der Waals surface area contributed by atoms with Crippen LogP contribution in [0.25, 0.3) is 11.2 Å². The molecule has 5 rings (SSSR count). The van der Waals surface area contributed by atoms with Gasteiger partial charge in [-0.2, -0.15) is 4.31 Å². The lowest BCUT2D eigenvalue weighted by Crippen LogP contribution is -2.54. The molecule has 5 heterocycles. The summed E-state index contributed by atoms with van der Waals surface area (Å²) < 4.78 is 67.0. The molecule has 2 saturated heterocycles. The standard InChI is InChI=1S/C21H30N7O17P3/c22-17-13-19(25-8-24-17)28(9-26-13)20-15(44-46(33,34)35)14(29)11(43-20)5-41-47(36,37)45-48(38,39)42-6-12-16(30)21(32,7-40-12)27-3-1-2-10(4-27)18(23)31/h1,3-4,8-9,11-12,14-16,20,29-30,32H,2,5-7H2,(H2,23,31)(H,36,37)(H,38,39)(H2,22,24,25)(H2,33,34,35)/t11-,12-,14+,15+,16+,20-,21+/m1/s1. The largest absolute Gasteiger partial charge is 0.481 e. The Hall–Kier alpha value is -2.73. The average molecular weight is 745 g/mol. The van der Waals surface area contributed by atoms with Crippen LogP contribution in [0.5, 0.6) is 0 Å². The Morgan fingerprint density at radius 2 is 1.73 bits per heavy atom. The minimum absolute atomic E-state index is 0.00387. The predicted octanol–water partition coefficient (Wildman–Crippen LogP) is -2.57. The van der Waals surface area contributed by atoms with E-state index in [0.29, 0.717) is 0 Å². The number of carbonyl (C=O) groups excluding carboxylic acids is 1. The fraction of sp³-hybridized carbons (Fsp3) is 0.524. The van der Waals surface area contributed by atoms with Crippen molar-refractivity contribution in [2.45, 2.75) is 48.9 Å². The molecule has 0 spiro atoms. The number of primary amides is 1. The molecule has 11 N–H and O–H groups in total. The van der Waals surface area contributed by atoms with Crippen LogP contribution in [0.4, 0.5) is 5.82 Å². The van der Waals surface area contributed by atoms with Gasteiger partial charge in [-0.05, 0) is 6.42 Å². The molecule has 2 aromatic rings. The van der Waals surface area contributed by atoms with Gasteiger partial charge in [-0.15, -0.1) is 0 Å². The first kappa shape index (κ1) is 36.5. The first-order valence-corrected chi connectivity index (χ1v) is 18.0. The zero-order valence-corrected chi connectivity index (χ0v) is 26.8. The second-order valence-electron chi connectivity index (χ2n) is 10.5. The van der Waals surface area contributed by atoms with Crippen molar-refractivity contribution < 1.29 is 80.7 Å². The molecule has 0 aliphatic carbocycles. The number of aliphatic hydroxyl groups excluding tert-OH is 2. The Morgan fingerprint density at radius 1 is 1.06 bits per heavy atom. The molecule has 0 bridgehead atoms. The maximum Gasteiger partial charge on any atom is 0.481 e. The molecular weight excluding hydrogens is 715 g/mol. The molecule has 3 aliphatic heterocycles. The summed E-state index contributed by atoms with van der Waals surface area (Å²) in [5, 5.41) is 32.4. The summed E-state index contributed by atoms with van der Waals surface area (Å²) in [5.74, 6) is -0.829. The quantitative estimate of drug-likeness (QED) is 0.0951. The van der Waals surface area contributed by atoms with Gasteiger partial charge in [0.15, 0.2) is 23.4 Å². The minimum Gasteiger partial charge on any atom is -0.387 e. The van der Waals surface area contributed by atoms with Gasteiger partial charge in [0.1, 0.15) is 42.4 Å². The number of hydrogen-bond donors (Lipinski definition) is 9. The molecule has 266 valence electrons. The number of fused-ring (bicyclic) bond motifs is 1. The first-order valence-electron chi connectivity index (χ1n) is 13.4. The normalized spacial score (nSPS) is 31.9. The number of ether oxygens (including phenoxy) is 2. The molecule has 0 saturated carbocycles. The number of hydrogen-bond acceptors (Lipinski definition) is 18. The fourth-order valence-electron chi connectivity index (χ4n) is 4.95. The number of amides is 1. The number of phosphoric ester groups is 3. The number of aromatic nitrogens is 4. The van der Waals surface area contributed by atoms with Crippen LogP contribution in [-0.2, 0) is 45.8 Å². The summed E-state index contributed by atoms with van der Waals surface area (Å²) in [7, 11) is -16.3. The topological polar surface area (TPSA) is 364 Å². The monoisotopic (exact) mass is 745 g/mol. The number of anilines is 1. The Morgan fingerprint density at radius 3 is 2.38 bits per heavy atom. The summed E-state index contributed by atoms with van der Waals surface area (Å²) >= 11 is 0. The Labute approximate surface area is 268 Å². The van der Waals surface area contributed by atoms with Crippen LogP contribution in [0.3, 0.4) is 0 Å². The third kappa shape index (κ3) is 7.85. The van der Waals surface area contributed by atoms with Crippen LogP contribution >= 0.6 is 23.5 Å². The van der Waals surface area contributed by atoms with Crippen molar-refractivity contribution in [1.29, 1.82) is 0 Å². The first-order chi connectivity index (χ1) is 22.3. The summed E-state index contributed by atoms with van der Waals surface area (Å²) in [4.78, 5) is 63.3. The van der Waals surface area contributed by atoms with Gasteiger partial charge in [0.25, 0.3) is 0 Å². The van der Waals surface area contributed by atoms with Crippen molar-refractivity contribution in [3.63, 3.8) is 0 Å². The number of nitrogens with zero attached hydrogens (tertiary/aromatic N) is 5. The van der Waals surface area contributed by atoms with E-state index in [0.717, 1.165) is 22.1 Å². The van der Waals surface area contributed by atoms with Gasteiger partial charge in [-0.25, -0.2) is 28.6 Å². The molecule has 2 fully saturated rings. The van der Waals surface area contributed by atoms with Crippen molar-refractivity contribution in [2.75, 3.05) is 25.6 Å². The number of carbonyl (C=O) groups is 1. The Kier molecular flexibility index (Phi) is 10.3. The van der Waals surface area contributed by atoms with E-state index in [1.807, 2.05) is 0 Å². The van der Waals surface area contributed by atoms with E-state index in [1.54, 1.807) is 0 Å². The van der Waals surface area contributed by atoms with E-state index in [4.69, 9.17) is 30.0 Å². The third-order valence-electron chi connectivity index (χ3n) is 7.24. The summed E-state index contributed by atoms with van der Waals surface area (Å²) in [6.07, 6.45) is -3.98. The highest BCUT2D eigenvalue weighted by molar-refractivity contribution is 7.61. The summed E-state index contributed by atoms with van der Waals surface area (Å²) in [6.45, 7) is -2.60. The molecule has 48 heavy (non-hydrogen) atoms. The second-order valence-corrected chi connectivity index (χ2v) is 14.7. The Balaban J connectivity index is 1.20. The highest BCUT2D eigenvalue weighted by atomic mass is 31.3. The average Bonchev–Trinajstić information content (AvgIpc) is 3.65. The van der Waals surface area contributed by atoms with E-state index < -0.39 is 91.7 Å². The molecule has 2 aromatic heterocycles. The zero-order valence-electron chi connectivity index (χ0n) is 24.1. The van der Waals surface area contributed by atoms with Gasteiger partial charge < -0.3 is 60.7 Å². The highest BCUT2D eigenvalue weighted by Gasteiger charge is 2.53. The molecule has 0 radical (unpaired) electrons. The molecule has 24 nitrogen and oxygen atoms in total. The molecular formula is C21H30N7O17P3. The van der Waals surface area contributed by atoms with Crippen molar-refractivity contribution in [2.24, 2.45) is 5.73 Å². The van der Waals surface area contributed by atoms with Gasteiger partial charge in [-0.3, -0.25) is 22.9 Å². The maximum atomic E-state index is 12.6. The lowest BCUT2D eigenvalue weighted by atomic mass is 10.0. The lowest BCUT2D eigenvalue weighted by Gasteiger charge is -2.37. The number of phosphoric acid groups is 3. The van der Waals surface area contributed by atoms with Crippen LogP contribution in [0.1, 0.15) is 12.6 Å². The zero-order chi connectivity index (χ0) is 35.2. The van der Waals surface area contributed by atoms with Crippen LogP contribution in [0, 0.1) is 0 Å². The summed E-state index contributed by atoms with van der Waals surface area (Å²) in [6, 6.07) is 0. The van der Waals surface area contributed by atoms with E-state index >= 15 is 0 Å². The summed E-state index contributed by atoms with van der Waals surface area (Å²) in [5.41, 5.74) is 9.03. The SMILES string of the molecule is NC(=O)C1=CN([C@]2(O)CO[C@H](COP(=O)(O)OP(=O)(O)OC[C@H]3O[C@@H](n4cnc5c(N)ncnc54)[C@@H](OP(=O)(O)O)[C@H]3O)[C@@H]2O)C=CC1. The van der Waals surface area contributed by atoms with Crippen molar-refractivity contribution >= 4 is 46.4 Å². The Bertz CT molecular complexity index is 1750. The number of imidazole rings is 1. The number of rotatable bonds is 13. The number of allylic oxidation sites excluding steroid dienone is 1. The minimum atomic E-state index is -5.52. The van der Waals surface area contributed by atoms with Gasteiger partial charge >= 0.3 is 23.5 Å². The van der Waals surface area contributed by atoms with E-state index in [1.165, 1.54) is 18.5 Å². The van der Waals surface area contributed by atoms with Crippen LogP contribution in [0.2, 0.25) is 0 Å². The second kappa shape index (κ2) is 13.5. The molecule has 0 aromatic carbocycles. The van der Waals surface area contributed by atoms with Gasteiger partial charge in [-0.1, -0.05) is 6.08 Å². The van der Waals surface area contributed by atoms with Crippen LogP contribution in [0.15, 0.2) is 36.7 Å². The predicted molar refractivity (Wildman–Crippen MR) is 153 cm³/mol. The van der Waals surface area contributed by atoms with Gasteiger partial charge in [0.05, 0.1) is 26.1 Å². The number of nitrogen functional groups attached to an aromatic ring is 1. The smallest absolute Gasteiger partial charge is 0.387 e. The van der Waals surface area contributed by atoms with E-state index in [9.17, 15) is 53.4 Å². The number of aliphatic hydroxyl groups is 3. The number of nitrogens with two attached hydrogens (primary N) is 2. The van der Waals surface area contributed by atoms with Crippen molar-refractivity contribution in [1.82, 2.24) is 24.4 Å². The van der Waals surface area contributed by atoms with Crippen molar-refractivity contribution in [3.05, 3.63) is 36.7 Å². The maximum absolute atomic E-state index is 12.6. The molecule has 2 unspecified atom stereocenters. The van der Waals surface area contributed by atoms with Gasteiger partial charge in [0, 0.05) is 18.0 Å². The molecule has 3 aliphatic rings. The highest BCUT2D eigenvalue weighted by Crippen LogP contribution is 2.61. The molecule has 27 heteroatoms. The molecule has 9 atom stereocenters. The molecule has 1 amide bonds. The van der Waals surface area contributed by atoms with Gasteiger partial charge in [0.2, 0.25) is 5.91 Å². The van der Waals surface area contributed by atoms with Crippen LogP contribution in [-0.4, -0.2) is 121 Å². The van der Waals surface area contributed by atoms with Crippen LogP contribution < -0.4 is 11.5 Å². The van der Waals surface area contributed by atoms with E-state index in [2.05, 4.69) is 23.8 Å². The third-order valence-corrected chi connectivity index (χ3v) is 10.4. The van der Waals surface area contributed by atoms with E-state index in [-0.39, 0.29) is 29.0 Å². The lowest BCUT2D eigenvalue weighted by molar-refractivity contribution is -0.125. The van der Waals surface area contributed by atoms with Crippen molar-refractivity contribution in [3.8, 4) is 0 Å².